The fourth-order valence-corrected chi connectivity index (χ4v) is 3.98. The standard InChI is InChI=1S/C22H34N4O4/c1-16-14-29-18(3)9-25(16)21(27)12-24(11-20-6-5-7-23-8-20)13-22(28)26-10-19(4)30-15-17(26)2/h5-8,16-19H,9-15H2,1-4H3/t16-,17-,18-,19+/m0/s1. The van der Waals surface area contributed by atoms with Crippen LogP contribution in [0.1, 0.15) is 33.3 Å². The van der Waals surface area contributed by atoms with E-state index in [1.165, 1.54) is 0 Å². The molecule has 2 aliphatic heterocycles. The average Bonchev–Trinajstić information content (AvgIpc) is 2.72. The third-order valence-corrected chi connectivity index (χ3v) is 5.70. The van der Waals surface area contributed by atoms with Gasteiger partial charge in [0.2, 0.25) is 11.8 Å². The number of pyridine rings is 1. The Hall–Kier alpha value is -2.03. The minimum Gasteiger partial charge on any atom is -0.375 e. The molecule has 2 fully saturated rings. The number of rotatable bonds is 6. The second kappa shape index (κ2) is 10.3. The zero-order valence-electron chi connectivity index (χ0n) is 18.5. The van der Waals surface area contributed by atoms with Crippen LogP contribution in [-0.4, -0.2) is 95.2 Å². The number of hydrogen-bond donors (Lipinski definition) is 0. The van der Waals surface area contributed by atoms with Crippen molar-refractivity contribution in [3.63, 3.8) is 0 Å². The van der Waals surface area contributed by atoms with E-state index in [-0.39, 0.29) is 49.2 Å². The smallest absolute Gasteiger partial charge is 0.237 e. The van der Waals surface area contributed by atoms with Gasteiger partial charge in [0.1, 0.15) is 0 Å². The molecule has 0 aliphatic carbocycles. The first-order valence-corrected chi connectivity index (χ1v) is 10.8. The van der Waals surface area contributed by atoms with Crippen molar-refractivity contribution in [1.29, 1.82) is 0 Å². The molecule has 3 heterocycles. The van der Waals surface area contributed by atoms with E-state index in [0.717, 1.165) is 5.56 Å². The minimum atomic E-state index is 0.0224. The van der Waals surface area contributed by atoms with Crippen molar-refractivity contribution in [2.75, 3.05) is 39.4 Å². The first kappa shape index (κ1) is 22.7. The van der Waals surface area contributed by atoms with E-state index >= 15 is 0 Å². The lowest BCUT2D eigenvalue weighted by Crippen LogP contribution is -2.55. The fourth-order valence-electron chi connectivity index (χ4n) is 3.98. The number of ether oxygens (including phenoxy) is 2. The Morgan fingerprint density at radius 2 is 1.53 bits per heavy atom. The molecule has 1 aromatic rings. The summed E-state index contributed by atoms with van der Waals surface area (Å²) >= 11 is 0. The Balaban J connectivity index is 1.69. The molecule has 3 rings (SSSR count). The Kier molecular flexibility index (Phi) is 7.80. The molecule has 1 aromatic heterocycles. The van der Waals surface area contributed by atoms with Gasteiger partial charge in [-0.15, -0.1) is 0 Å². The Bertz CT molecular complexity index is 676. The van der Waals surface area contributed by atoms with Gasteiger partial charge in [-0.1, -0.05) is 6.07 Å². The summed E-state index contributed by atoms with van der Waals surface area (Å²) in [5.41, 5.74) is 0.977. The van der Waals surface area contributed by atoms with Crippen LogP contribution >= 0.6 is 0 Å². The molecule has 8 heteroatoms. The van der Waals surface area contributed by atoms with Crippen molar-refractivity contribution in [2.45, 2.75) is 58.5 Å². The molecule has 0 spiro atoms. The highest BCUT2D eigenvalue weighted by molar-refractivity contribution is 5.82. The van der Waals surface area contributed by atoms with Crippen LogP contribution in [0.4, 0.5) is 0 Å². The van der Waals surface area contributed by atoms with E-state index < -0.39 is 0 Å². The second-order valence-corrected chi connectivity index (χ2v) is 8.58. The van der Waals surface area contributed by atoms with E-state index in [1.54, 1.807) is 12.4 Å². The van der Waals surface area contributed by atoms with Gasteiger partial charge in [0.05, 0.1) is 50.6 Å². The highest BCUT2D eigenvalue weighted by Crippen LogP contribution is 2.15. The summed E-state index contributed by atoms with van der Waals surface area (Å²) in [6.45, 7) is 11.0. The summed E-state index contributed by atoms with van der Waals surface area (Å²) in [5.74, 6) is 0.0514. The van der Waals surface area contributed by atoms with E-state index in [4.69, 9.17) is 9.47 Å². The fraction of sp³-hybridized carbons (Fsp3) is 0.682. The minimum absolute atomic E-state index is 0.0224. The maximum absolute atomic E-state index is 13.1. The van der Waals surface area contributed by atoms with Crippen molar-refractivity contribution in [1.82, 2.24) is 19.7 Å². The monoisotopic (exact) mass is 418 g/mol. The molecule has 4 atom stereocenters. The predicted octanol–water partition coefficient (Wildman–Crippen LogP) is 1.16. The number of nitrogens with zero attached hydrogens (tertiary/aromatic N) is 4. The number of aromatic nitrogens is 1. The second-order valence-electron chi connectivity index (χ2n) is 8.58. The SMILES string of the molecule is C[C@@H]1CN(C(=O)CN(CC(=O)N2C[C@H](C)OC[C@@H]2C)Cc2cccnc2)[C@@H](C)CO1. The predicted molar refractivity (Wildman–Crippen MR) is 113 cm³/mol. The van der Waals surface area contributed by atoms with Crippen LogP contribution in [0, 0.1) is 0 Å². The number of carbonyl (C=O) groups is 2. The summed E-state index contributed by atoms with van der Waals surface area (Å²) in [4.78, 5) is 36.0. The Morgan fingerprint density at radius 1 is 1.00 bits per heavy atom. The first-order valence-electron chi connectivity index (χ1n) is 10.8. The van der Waals surface area contributed by atoms with Crippen molar-refractivity contribution in [2.24, 2.45) is 0 Å². The Labute approximate surface area is 179 Å². The number of amides is 2. The average molecular weight is 419 g/mol. The summed E-state index contributed by atoms with van der Waals surface area (Å²) in [7, 11) is 0. The zero-order chi connectivity index (χ0) is 21.7. The molecule has 2 amide bonds. The lowest BCUT2D eigenvalue weighted by Gasteiger charge is -2.39. The van der Waals surface area contributed by atoms with E-state index in [0.29, 0.717) is 32.8 Å². The van der Waals surface area contributed by atoms with Gasteiger partial charge in [-0.2, -0.15) is 0 Å². The van der Waals surface area contributed by atoms with Gasteiger partial charge in [0, 0.05) is 32.0 Å². The van der Waals surface area contributed by atoms with Gasteiger partial charge < -0.3 is 19.3 Å². The lowest BCUT2D eigenvalue weighted by atomic mass is 10.2. The molecule has 2 saturated heterocycles. The Morgan fingerprint density at radius 3 is 2.00 bits per heavy atom. The molecule has 0 N–H and O–H groups in total. The van der Waals surface area contributed by atoms with Gasteiger partial charge in [0.15, 0.2) is 0 Å². The van der Waals surface area contributed by atoms with Crippen LogP contribution in [-0.2, 0) is 25.6 Å². The molecule has 2 aliphatic rings. The summed E-state index contributed by atoms with van der Waals surface area (Å²) in [6, 6.07) is 3.90. The van der Waals surface area contributed by atoms with Gasteiger partial charge in [-0.25, -0.2) is 0 Å². The van der Waals surface area contributed by atoms with Crippen molar-refractivity contribution >= 4 is 11.8 Å². The van der Waals surface area contributed by atoms with Crippen LogP contribution in [0.15, 0.2) is 24.5 Å². The van der Waals surface area contributed by atoms with Crippen LogP contribution in [0.5, 0.6) is 0 Å². The van der Waals surface area contributed by atoms with Crippen LogP contribution < -0.4 is 0 Å². The molecule has 8 nitrogen and oxygen atoms in total. The van der Waals surface area contributed by atoms with Crippen LogP contribution in [0.3, 0.4) is 0 Å². The molecular weight excluding hydrogens is 384 g/mol. The van der Waals surface area contributed by atoms with Crippen molar-refractivity contribution in [3.8, 4) is 0 Å². The molecule has 30 heavy (non-hydrogen) atoms. The number of hydrogen-bond acceptors (Lipinski definition) is 6. The third-order valence-electron chi connectivity index (χ3n) is 5.70. The summed E-state index contributed by atoms with van der Waals surface area (Å²) in [6.07, 6.45) is 3.54. The zero-order valence-corrected chi connectivity index (χ0v) is 18.5. The lowest BCUT2D eigenvalue weighted by molar-refractivity contribution is -0.148. The maximum atomic E-state index is 13.1. The van der Waals surface area contributed by atoms with E-state index in [1.807, 2.05) is 54.5 Å². The quantitative estimate of drug-likeness (QED) is 0.690. The van der Waals surface area contributed by atoms with E-state index in [9.17, 15) is 9.59 Å². The van der Waals surface area contributed by atoms with Crippen molar-refractivity contribution < 1.29 is 19.1 Å². The molecular formula is C22H34N4O4. The molecule has 0 aromatic carbocycles. The van der Waals surface area contributed by atoms with Crippen molar-refractivity contribution in [3.05, 3.63) is 30.1 Å². The van der Waals surface area contributed by atoms with Crippen LogP contribution in [0.2, 0.25) is 0 Å². The van der Waals surface area contributed by atoms with E-state index in [2.05, 4.69) is 4.98 Å². The summed E-state index contributed by atoms with van der Waals surface area (Å²) in [5, 5.41) is 0. The number of morpholine rings is 2. The van der Waals surface area contributed by atoms with Gasteiger partial charge in [-0.05, 0) is 39.3 Å². The third kappa shape index (κ3) is 6.00. The number of carbonyl (C=O) groups excluding carboxylic acids is 2. The van der Waals surface area contributed by atoms with Gasteiger partial charge in [-0.3, -0.25) is 19.5 Å². The van der Waals surface area contributed by atoms with Gasteiger partial charge >= 0.3 is 0 Å². The molecule has 166 valence electrons. The summed E-state index contributed by atoms with van der Waals surface area (Å²) < 4.78 is 11.3. The highest BCUT2D eigenvalue weighted by Gasteiger charge is 2.31. The largest absolute Gasteiger partial charge is 0.375 e. The molecule has 0 unspecified atom stereocenters. The van der Waals surface area contributed by atoms with Crippen LogP contribution in [0.25, 0.3) is 0 Å². The topological polar surface area (TPSA) is 75.2 Å². The molecule has 0 radical (unpaired) electrons. The highest BCUT2D eigenvalue weighted by atomic mass is 16.5. The normalized spacial score (nSPS) is 27.4. The van der Waals surface area contributed by atoms with Gasteiger partial charge in [0.25, 0.3) is 0 Å². The molecule has 0 bridgehead atoms. The maximum Gasteiger partial charge on any atom is 0.237 e. The first-order chi connectivity index (χ1) is 14.3. The molecule has 0 saturated carbocycles.